The molecule has 17 heavy (non-hydrogen) atoms. The van der Waals surface area contributed by atoms with Gasteiger partial charge in [0.15, 0.2) is 6.16 Å². The number of carbonyl (C=O) groups excluding carboxylic acids is 1. The molecule has 0 aliphatic carbocycles. The van der Waals surface area contributed by atoms with Gasteiger partial charge < -0.3 is 4.74 Å². The fraction of sp³-hybridized carbons (Fsp3) is 0.909. The molecule has 1 N–H and O–H groups in total. The Morgan fingerprint density at radius 2 is 1.76 bits per heavy atom. The smallest absolute Gasteiger partial charge is 0.412 e. The summed E-state index contributed by atoms with van der Waals surface area (Å²) in [6.45, 7) is 8.20. The molecule has 1 unspecified atom stereocenters. The zero-order chi connectivity index (χ0) is 13.3. The van der Waals surface area contributed by atoms with E-state index in [1.807, 2.05) is 13.8 Å². The molecule has 0 fully saturated rings. The van der Waals surface area contributed by atoms with Crippen molar-refractivity contribution in [3.05, 3.63) is 0 Å². The summed E-state index contributed by atoms with van der Waals surface area (Å²) in [5, 5.41) is 0. The summed E-state index contributed by atoms with van der Waals surface area (Å²) >= 11 is 0. The number of carbonyl (C=O) groups is 1. The largest absolute Gasteiger partial charge is 0.461 e. The van der Waals surface area contributed by atoms with Crippen LogP contribution in [0, 0.1) is 5.92 Å². The molecular formula is C11H24O5P+. The lowest BCUT2D eigenvalue weighted by atomic mass is 10.1. The minimum Gasteiger partial charge on any atom is -0.461 e. The fourth-order valence-electron chi connectivity index (χ4n) is 1.14. The van der Waals surface area contributed by atoms with Gasteiger partial charge in [0.2, 0.25) is 0 Å². The van der Waals surface area contributed by atoms with Gasteiger partial charge in [-0.1, -0.05) is 13.8 Å². The molecule has 0 aromatic rings. The van der Waals surface area contributed by atoms with Crippen LogP contribution in [-0.2, 0) is 18.6 Å². The second-order valence-electron chi connectivity index (χ2n) is 3.67. The van der Waals surface area contributed by atoms with Crippen molar-refractivity contribution in [2.45, 2.75) is 34.1 Å². The summed E-state index contributed by atoms with van der Waals surface area (Å²) in [6.07, 6.45) is 0.964. The normalized spacial score (nSPS) is 13.5. The van der Waals surface area contributed by atoms with Gasteiger partial charge in [-0.25, -0.2) is 0 Å². The maximum absolute atomic E-state index is 11.4. The van der Waals surface area contributed by atoms with E-state index in [4.69, 9.17) is 13.8 Å². The highest BCUT2D eigenvalue weighted by atomic mass is 31.2. The maximum Gasteiger partial charge on any atom is 0.412 e. The Labute approximate surface area is 104 Å². The molecule has 0 saturated heterocycles. The highest BCUT2D eigenvalue weighted by Gasteiger charge is 2.40. The third-order valence-electron chi connectivity index (χ3n) is 2.29. The summed E-state index contributed by atoms with van der Waals surface area (Å²) in [7, 11) is -2.84. The van der Waals surface area contributed by atoms with Gasteiger partial charge in [-0.3, -0.25) is 4.79 Å². The molecule has 6 heteroatoms. The zero-order valence-corrected chi connectivity index (χ0v) is 12.0. The van der Waals surface area contributed by atoms with Crippen molar-refractivity contribution >= 4 is 13.9 Å². The molecule has 0 saturated carbocycles. The molecule has 1 atom stereocenters. The minimum atomic E-state index is -2.84. The SMILES string of the molecule is CCO[P+](O)(CCOC(=O)C(C)CC)OCC. The fourth-order valence-corrected chi connectivity index (χ4v) is 2.60. The van der Waals surface area contributed by atoms with E-state index in [1.165, 1.54) is 0 Å². The Bertz CT molecular complexity index is 216. The maximum atomic E-state index is 11.4. The number of esters is 1. The van der Waals surface area contributed by atoms with Gasteiger partial charge in [0.05, 0.1) is 19.1 Å². The summed E-state index contributed by atoms with van der Waals surface area (Å²) in [5.74, 6) is -0.354. The monoisotopic (exact) mass is 267 g/mol. The first-order valence-corrected chi connectivity index (χ1v) is 7.81. The Balaban J connectivity index is 4.01. The average molecular weight is 267 g/mol. The summed E-state index contributed by atoms with van der Waals surface area (Å²) in [5.41, 5.74) is 0. The van der Waals surface area contributed by atoms with E-state index in [0.29, 0.717) is 13.2 Å². The van der Waals surface area contributed by atoms with Gasteiger partial charge in [-0.2, -0.15) is 13.9 Å². The minimum absolute atomic E-state index is 0.111. The van der Waals surface area contributed by atoms with Crippen molar-refractivity contribution in [1.29, 1.82) is 0 Å². The zero-order valence-electron chi connectivity index (χ0n) is 11.1. The topological polar surface area (TPSA) is 65.0 Å². The van der Waals surface area contributed by atoms with E-state index in [2.05, 4.69) is 0 Å². The molecule has 0 aromatic heterocycles. The molecule has 0 spiro atoms. The first-order valence-electron chi connectivity index (χ1n) is 6.05. The highest BCUT2D eigenvalue weighted by Crippen LogP contribution is 2.56. The number of rotatable bonds is 9. The lowest BCUT2D eigenvalue weighted by molar-refractivity contribution is -0.147. The van der Waals surface area contributed by atoms with Crippen LogP contribution < -0.4 is 0 Å². The van der Waals surface area contributed by atoms with E-state index in [1.54, 1.807) is 13.8 Å². The van der Waals surface area contributed by atoms with E-state index < -0.39 is 7.94 Å². The molecular weight excluding hydrogens is 243 g/mol. The first kappa shape index (κ1) is 16.8. The van der Waals surface area contributed by atoms with Crippen molar-refractivity contribution in [3.63, 3.8) is 0 Å². The molecule has 0 rings (SSSR count). The van der Waals surface area contributed by atoms with Crippen LogP contribution in [0.1, 0.15) is 34.1 Å². The van der Waals surface area contributed by atoms with Crippen LogP contribution in [0.15, 0.2) is 0 Å². The van der Waals surface area contributed by atoms with E-state index >= 15 is 0 Å². The summed E-state index contributed by atoms with van der Waals surface area (Å²) in [4.78, 5) is 21.4. The van der Waals surface area contributed by atoms with Crippen LogP contribution in [0.25, 0.3) is 0 Å². The van der Waals surface area contributed by atoms with Crippen LogP contribution in [0.2, 0.25) is 0 Å². The van der Waals surface area contributed by atoms with Crippen LogP contribution >= 0.6 is 7.94 Å². The average Bonchev–Trinajstić information content (AvgIpc) is 2.28. The number of hydrogen-bond acceptors (Lipinski definition) is 5. The second-order valence-corrected chi connectivity index (χ2v) is 5.91. The highest BCUT2D eigenvalue weighted by molar-refractivity contribution is 7.60. The van der Waals surface area contributed by atoms with Crippen molar-refractivity contribution in [2.24, 2.45) is 5.92 Å². The summed E-state index contributed by atoms with van der Waals surface area (Å²) < 4.78 is 15.4. The Morgan fingerprint density at radius 3 is 2.18 bits per heavy atom. The van der Waals surface area contributed by atoms with Gasteiger partial charge in [-0.05, 0) is 20.3 Å². The molecule has 0 aromatic carbocycles. The molecule has 5 nitrogen and oxygen atoms in total. The van der Waals surface area contributed by atoms with Crippen LogP contribution in [0.3, 0.4) is 0 Å². The van der Waals surface area contributed by atoms with Gasteiger partial charge in [0.1, 0.15) is 6.61 Å². The van der Waals surface area contributed by atoms with Crippen molar-refractivity contribution in [2.75, 3.05) is 26.0 Å². The predicted molar refractivity (Wildman–Crippen MR) is 67.7 cm³/mol. The third kappa shape index (κ3) is 6.94. The molecule has 0 heterocycles. The number of hydrogen-bond donors (Lipinski definition) is 1. The van der Waals surface area contributed by atoms with E-state index in [9.17, 15) is 9.69 Å². The molecule has 102 valence electrons. The quantitative estimate of drug-likeness (QED) is 0.513. The van der Waals surface area contributed by atoms with Crippen molar-refractivity contribution in [1.82, 2.24) is 0 Å². The van der Waals surface area contributed by atoms with Gasteiger partial charge in [0.25, 0.3) is 0 Å². The van der Waals surface area contributed by atoms with Gasteiger partial charge in [0, 0.05) is 0 Å². The van der Waals surface area contributed by atoms with Crippen LogP contribution in [0.4, 0.5) is 0 Å². The predicted octanol–water partition coefficient (Wildman–Crippen LogP) is 2.40. The first-order chi connectivity index (χ1) is 7.99. The Morgan fingerprint density at radius 1 is 1.24 bits per heavy atom. The lowest BCUT2D eigenvalue weighted by Gasteiger charge is -2.16. The summed E-state index contributed by atoms with van der Waals surface area (Å²) in [6, 6.07) is 0. The lowest BCUT2D eigenvalue weighted by Crippen LogP contribution is -2.18. The van der Waals surface area contributed by atoms with Crippen LogP contribution in [0.5, 0.6) is 0 Å². The third-order valence-corrected chi connectivity index (χ3v) is 4.37. The Kier molecular flexibility index (Phi) is 8.70. The van der Waals surface area contributed by atoms with Gasteiger partial charge in [-0.15, -0.1) is 0 Å². The molecule has 0 aliphatic rings. The number of ether oxygens (including phenoxy) is 1. The van der Waals surface area contributed by atoms with Crippen molar-refractivity contribution < 1.29 is 23.5 Å². The standard InChI is InChI=1S/C11H24O5P/c1-5-10(4)11(12)14-8-9-17(13,15-6-2)16-7-3/h10,13H,5-9H2,1-4H3/q+1. The molecule has 0 bridgehead atoms. The van der Waals surface area contributed by atoms with Crippen LogP contribution in [-0.4, -0.2) is 36.8 Å². The van der Waals surface area contributed by atoms with E-state index in [0.717, 1.165) is 6.42 Å². The van der Waals surface area contributed by atoms with Gasteiger partial charge >= 0.3 is 13.9 Å². The van der Waals surface area contributed by atoms with E-state index in [-0.39, 0.29) is 24.7 Å². The molecule has 0 amide bonds. The molecule has 0 radical (unpaired) electrons. The Hall–Kier alpha value is -0.220. The molecule has 0 aliphatic heterocycles. The second kappa shape index (κ2) is 8.81. The van der Waals surface area contributed by atoms with Crippen molar-refractivity contribution in [3.8, 4) is 0 Å².